The predicted molar refractivity (Wildman–Crippen MR) is 120 cm³/mol. The Kier molecular flexibility index (Phi) is 7.09. The Morgan fingerprint density at radius 1 is 1.32 bits per heavy atom. The van der Waals surface area contributed by atoms with Gasteiger partial charge in [0.05, 0.1) is 26.6 Å². The van der Waals surface area contributed by atoms with Crippen molar-refractivity contribution in [3.63, 3.8) is 0 Å². The zero-order valence-corrected chi connectivity index (χ0v) is 18.6. The average molecular weight is 508 g/mol. The second-order valence-electron chi connectivity index (χ2n) is 6.12. The van der Waals surface area contributed by atoms with Crippen molar-refractivity contribution in [2.45, 2.75) is 6.92 Å². The quantitative estimate of drug-likeness (QED) is 0.158. The summed E-state index contributed by atoms with van der Waals surface area (Å²) in [6.07, 6.45) is 3.12. The van der Waals surface area contributed by atoms with E-state index in [0.717, 1.165) is 0 Å². The van der Waals surface area contributed by atoms with Crippen molar-refractivity contribution >= 4 is 51.2 Å². The maximum absolute atomic E-state index is 12.3. The lowest BCUT2D eigenvalue weighted by Crippen LogP contribution is -2.06. The summed E-state index contributed by atoms with van der Waals surface area (Å²) in [6, 6.07) is 7.23. The Bertz CT molecular complexity index is 1130. The molecule has 0 saturated heterocycles. The second kappa shape index (κ2) is 9.76. The molecule has 10 heteroatoms. The Morgan fingerprint density at radius 2 is 2.10 bits per heavy atom. The van der Waals surface area contributed by atoms with E-state index in [9.17, 15) is 14.9 Å². The zero-order chi connectivity index (χ0) is 22.5. The van der Waals surface area contributed by atoms with Gasteiger partial charge in [0.1, 0.15) is 6.61 Å². The van der Waals surface area contributed by atoms with Gasteiger partial charge in [-0.05, 0) is 52.7 Å². The van der Waals surface area contributed by atoms with E-state index in [-0.39, 0.29) is 27.9 Å². The number of nitro groups is 1. The Morgan fingerprint density at radius 3 is 2.77 bits per heavy atom. The number of ether oxygens (including phenoxy) is 3. The first-order chi connectivity index (χ1) is 14.8. The summed E-state index contributed by atoms with van der Waals surface area (Å²) in [4.78, 5) is 27.0. The van der Waals surface area contributed by atoms with Gasteiger partial charge in [-0.3, -0.25) is 10.1 Å². The van der Waals surface area contributed by atoms with Crippen molar-refractivity contribution in [1.82, 2.24) is 0 Å². The minimum Gasteiger partial charge on any atom is -0.490 e. The molecule has 0 spiro atoms. The van der Waals surface area contributed by atoms with Crippen molar-refractivity contribution in [2.75, 3.05) is 13.2 Å². The van der Waals surface area contributed by atoms with Crippen LogP contribution in [0.1, 0.15) is 18.1 Å². The largest absolute Gasteiger partial charge is 0.490 e. The molecule has 0 fully saturated rings. The highest BCUT2D eigenvalue weighted by Gasteiger charge is 2.27. The Labute approximate surface area is 191 Å². The molecule has 160 valence electrons. The van der Waals surface area contributed by atoms with Crippen molar-refractivity contribution < 1.29 is 23.9 Å². The molecule has 0 amide bonds. The van der Waals surface area contributed by atoms with E-state index in [1.807, 2.05) is 6.92 Å². The number of nitro benzene ring substituents is 1. The number of cyclic esters (lactones) is 1. The van der Waals surface area contributed by atoms with Crippen LogP contribution >= 0.6 is 27.5 Å². The summed E-state index contributed by atoms with van der Waals surface area (Å²) in [5, 5.41) is 11.2. The van der Waals surface area contributed by atoms with Gasteiger partial charge in [0.2, 0.25) is 5.90 Å². The molecule has 1 aliphatic rings. The lowest BCUT2D eigenvalue weighted by molar-refractivity contribution is -0.384. The number of benzene rings is 2. The fourth-order valence-electron chi connectivity index (χ4n) is 2.69. The number of hydrogen-bond donors (Lipinski definition) is 0. The highest BCUT2D eigenvalue weighted by Crippen LogP contribution is 2.38. The molecule has 0 saturated carbocycles. The van der Waals surface area contributed by atoms with Gasteiger partial charge in [-0.1, -0.05) is 24.3 Å². The minimum atomic E-state index is -0.710. The lowest BCUT2D eigenvalue weighted by Gasteiger charge is -2.13. The van der Waals surface area contributed by atoms with E-state index in [2.05, 4.69) is 27.5 Å². The first kappa shape index (κ1) is 22.5. The van der Waals surface area contributed by atoms with Crippen molar-refractivity contribution in [3.05, 3.63) is 79.4 Å². The topological polar surface area (TPSA) is 100 Å². The van der Waals surface area contributed by atoms with E-state index in [1.54, 1.807) is 18.2 Å². The Hall–Kier alpha value is -3.17. The van der Waals surface area contributed by atoms with E-state index >= 15 is 0 Å². The van der Waals surface area contributed by atoms with Crippen LogP contribution in [0.3, 0.4) is 0 Å². The Balaban J connectivity index is 1.99. The van der Waals surface area contributed by atoms with E-state index in [0.29, 0.717) is 34.7 Å². The van der Waals surface area contributed by atoms with Gasteiger partial charge in [0.25, 0.3) is 5.69 Å². The van der Waals surface area contributed by atoms with Crippen LogP contribution in [0.2, 0.25) is 5.02 Å². The second-order valence-corrected chi connectivity index (χ2v) is 7.38. The summed E-state index contributed by atoms with van der Waals surface area (Å²) < 4.78 is 17.1. The minimum absolute atomic E-state index is 0.00619. The third-order valence-electron chi connectivity index (χ3n) is 3.99. The molecule has 2 aromatic carbocycles. The molecule has 0 atom stereocenters. The normalized spacial score (nSPS) is 14.2. The maximum atomic E-state index is 12.3. The summed E-state index contributed by atoms with van der Waals surface area (Å²) in [5.41, 5.74) is 0.558. The van der Waals surface area contributed by atoms with Gasteiger partial charge in [-0.25, -0.2) is 9.79 Å². The standard InChI is InChI=1S/C21H16BrClN2O6/c1-3-7-30-19-15(22)8-12(10-18(19)29-4-2)9-17-21(26)31-20(24-17)14-11-13(25(27)28)5-6-16(14)23/h3,5-6,8-11H,1,4,7H2,2H3/b17-9+. The van der Waals surface area contributed by atoms with Crippen LogP contribution in [0.5, 0.6) is 11.5 Å². The highest BCUT2D eigenvalue weighted by atomic mass is 79.9. The fourth-order valence-corrected chi connectivity index (χ4v) is 3.46. The predicted octanol–water partition coefficient (Wildman–Crippen LogP) is 5.32. The summed E-state index contributed by atoms with van der Waals surface area (Å²) >= 11 is 9.55. The SMILES string of the molecule is C=CCOc1c(Br)cc(/C=C2/N=C(c3cc([N+](=O)[O-])ccc3Cl)OC2=O)cc1OCC. The monoisotopic (exact) mass is 506 g/mol. The molecule has 1 aliphatic heterocycles. The summed E-state index contributed by atoms with van der Waals surface area (Å²) in [6.45, 7) is 6.17. The van der Waals surface area contributed by atoms with Crippen LogP contribution in [-0.2, 0) is 9.53 Å². The van der Waals surface area contributed by atoms with Crippen LogP contribution in [0.4, 0.5) is 5.69 Å². The average Bonchev–Trinajstić information content (AvgIpc) is 3.08. The molecule has 1 heterocycles. The molecule has 31 heavy (non-hydrogen) atoms. The number of nitrogens with zero attached hydrogens (tertiary/aromatic N) is 2. The van der Waals surface area contributed by atoms with Gasteiger partial charge in [0, 0.05) is 12.1 Å². The molecular formula is C21H16BrClN2O6. The van der Waals surface area contributed by atoms with Gasteiger partial charge in [-0.2, -0.15) is 0 Å². The number of aliphatic imine (C=N–C) groups is 1. The first-order valence-electron chi connectivity index (χ1n) is 9.01. The van der Waals surface area contributed by atoms with Crippen LogP contribution < -0.4 is 9.47 Å². The number of halogens is 2. The van der Waals surface area contributed by atoms with Crippen LogP contribution in [0, 0.1) is 10.1 Å². The van der Waals surface area contributed by atoms with E-state index in [4.69, 9.17) is 25.8 Å². The smallest absolute Gasteiger partial charge is 0.363 e. The van der Waals surface area contributed by atoms with Crippen molar-refractivity contribution in [1.29, 1.82) is 0 Å². The number of carbonyl (C=O) groups excluding carboxylic acids is 1. The molecule has 0 radical (unpaired) electrons. The molecule has 2 aromatic rings. The molecule has 3 rings (SSSR count). The molecule has 0 bridgehead atoms. The van der Waals surface area contributed by atoms with E-state index < -0.39 is 10.9 Å². The fraction of sp³-hybridized carbons (Fsp3) is 0.143. The van der Waals surface area contributed by atoms with Gasteiger partial charge < -0.3 is 14.2 Å². The molecule has 8 nitrogen and oxygen atoms in total. The number of esters is 1. The van der Waals surface area contributed by atoms with E-state index in [1.165, 1.54) is 24.3 Å². The molecule has 0 aliphatic carbocycles. The number of carbonyl (C=O) groups is 1. The maximum Gasteiger partial charge on any atom is 0.363 e. The zero-order valence-electron chi connectivity index (χ0n) is 16.3. The van der Waals surface area contributed by atoms with Gasteiger partial charge >= 0.3 is 5.97 Å². The molecule has 0 aromatic heterocycles. The number of hydrogen-bond acceptors (Lipinski definition) is 7. The first-order valence-corrected chi connectivity index (χ1v) is 10.2. The lowest BCUT2D eigenvalue weighted by atomic mass is 10.1. The van der Waals surface area contributed by atoms with Crippen LogP contribution in [-0.4, -0.2) is 30.0 Å². The molecule has 0 unspecified atom stereocenters. The highest BCUT2D eigenvalue weighted by molar-refractivity contribution is 9.10. The van der Waals surface area contributed by atoms with Crippen LogP contribution in [0.25, 0.3) is 6.08 Å². The molecule has 0 N–H and O–H groups in total. The summed E-state index contributed by atoms with van der Waals surface area (Å²) in [5.74, 6) is 0.159. The van der Waals surface area contributed by atoms with Crippen molar-refractivity contribution in [2.24, 2.45) is 4.99 Å². The van der Waals surface area contributed by atoms with Crippen LogP contribution in [0.15, 0.2) is 58.1 Å². The summed E-state index contributed by atoms with van der Waals surface area (Å²) in [7, 11) is 0. The third-order valence-corrected chi connectivity index (χ3v) is 4.91. The number of rotatable bonds is 8. The third kappa shape index (κ3) is 5.12. The van der Waals surface area contributed by atoms with Crippen molar-refractivity contribution in [3.8, 4) is 11.5 Å². The van der Waals surface area contributed by atoms with Gasteiger partial charge in [0.15, 0.2) is 17.2 Å². The number of non-ortho nitro benzene ring substituents is 1. The molecular weight excluding hydrogens is 492 g/mol. The van der Waals surface area contributed by atoms with Gasteiger partial charge in [-0.15, -0.1) is 0 Å².